The zero-order valence-corrected chi connectivity index (χ0v) is 29.6. The Labute approximate surface area is 301 Å². The minimum Gasteiger partial charge on any atom is -0.498 e. The molecule has 11 aromatic rings. The van der Waals surface area contributed by atoms with Crippen molar-refractivity contribution in [2.75, 3.05) is 0 Å². The summed E-state index contributed by atoms with van der Waals surface area (Å²) in [6.07, 6.45) is 1.87. The molecule has 0 spiro atoms. The molecule has 0 saturated carbocycles. The van der Waals surface area contributed by atoms with E-state index >= 15 is 0 Å². The van der Waals surface area contributed by atoms with Crippen LogP contribution in [-0.4, -0.2) is 18.9 Å². The summed E-state index contributed by atoms with van der Waals surface area (Å²) in [4.78, 5) is 9.26. The SMILES string of the molecule is Cc1ccc(-c2[c-]cccc2)nc1.Cn1c(-c2[c-]ccc3c2oc2c3ccc3c4cccc5c6ccccc6n(c54)c32)nc2ccccc21.[Ir]. The molecule has 11 rings (SSSR count). The minimum absolute atomic E-state index is 0. The Bertz CT molecular complexity index is 3010. The van der Waals surface area contributed by atoms with Gasteiger partial charge in [0.1, 0.15) is 5.58 Å². The van der Waals surface area contributed by atoms with Gasteiger partial charge < -0.3 is 18.4 Å². The van der Waals surface area contributed by atoms with Gasteiger partial charge in [0, 0.05) is 60.3 Å². The van der Waals surface area contributed by atoms with Crippen molar-refractivity contribution in [2.24, 2.45) is 7.05 Å². The first-order valence-corrected chi connectivity index (χ1v) is 16.4. The van der Waals surface area contributed by atoms with Crippen LogP contribution in [0.4, 0.5) is 0 Å². The summed E-state index contributed by atoms with van der Waals surface area (Å²) in [5, 5.41) is 7.19. The van der Waals surface area contributed by atoms with Crippen molar-refractivity contribution in [3.05, 3.63) is 151 Å². The summed E-state index contributed by atoms with van der Waals surface area (Å²) in [7, 11) is 2.05. The second-order valence-electron chi connectivity index (χ2n) is 12.6. The van der Waals surface area contributed by atoms with Gasteiger partial charge in [-0.05, 0) is 36.4 Å². The fourth-order valence-electron chi connectivity index (χ4n) is 7.41. The quantitative estimate of drug-likeness (QED) is 0.163. The summed E-state index contributed by atoms with van der Waals surface area (Å²) >= 11 is 0. The number of benzene rings is 6. The van der Waals surface area contributed by atoms with Crippen molar-refractivity contribution in [3.8, 4) is 22.6 Å². The zero-order chi connectivity index (χ0) is 32.6. The standard InChI is InChI=1S/C32H18N3O.C12H10N.Ir/c1-34-27-15-5-3-13-25(27)33-32(34)24-12-7-11-22-23-17-16-21-20-10-6-9-19-18-8-2-4-14-26(18)35(28(19)20)29(21)31(23)36-30(22)24;1-10-7-8-12(13-9-10)11-5-3-2-4-6-11;/h2-11,13-17H,1H3;2-5,7-9H,1H3;/q2*-1;. The van der Waals surface area contributed by atoms with E-state index in [4.69, 9.17) is 9.40 Å². The first kappa shape index (κ1) is 30.3. The Morgan fingerprint density at radius 1 is 0.600 bits per heavy atom. The Morgan fingerprint density at radius 3 is 2.12 bits per heavy atom. The molecule has 0 aliphatic rings. The van der Waals surface area contributed by atoms with Crippen LogP contribution in [0.2, 0.25) is 0 Å². The average molecular weight is 821 g/mol. The number of rotatable bonds is 2. The molecule has 0 unspecified atom stereocenters. The normalized spacial score (nSPS) is 11.6. The average Bonchev–Trinajstić information content (AvgIpc) is 3.90. The van der Waals surface area contributed by atoms with Gasteiger partial charge in [0.25, 0.3) is 0 Å². The number of nitrogens with zero attached hydrogens (tertiary/aromatic N) is 4. The molecule has 0 amide bonds. The molecule has 0 saturated heterocycles. The van der Waals surface area contributed by atoms with E-state index in [1.807, 2.05) is 67.7 Å². The van der Waals surface area contributed by atoms with Gasteiger partial charge in [0.05, 0.1) is 39.0 Å². The maximum atomic E-state index is 6.81. The van der Waals surface area contributed by atoms with Crippen LogP contribution in [0.25, 0.3) is 93.7 Å². The van der Waals surface area contributed by atoms with Gasteiger partial charge in [0.2, 0.25) is 0 Å². The molecule has 6 heteroatoms. The molecule has 5 aromatic heterocycles. The van der Waals surface area contributed by atoms with E-state index in [1.165, 1.54) is 38.1 Å². The molecule has 0 N–H and O–H groups in total. The summed E-state index contributed by atoms with van der Waals surface area (Å²) in [5.74, 6) is 0.856. The maximum absolute atomic E-state index is 6.81. The molecule has 0 aliphatic heterocycles. The van der Waals surface area contributed by atoms with Crippen LogP contribution >= 0.6 is 0 Å². The number of imidazole rings is 1. The van der Waals surface area contributed by atoms with Gasteiger partial charge >= 0.3 is 0 Å². The largest absolute Gasteiger partial charge is 0.498 e. The van der Waals surface area contributed by atoms with Crippen LogP contribution < -0.4 is 0 Å². The molecule has 6 aromatic carbocycles. The van der Waals surface area contributed by atoms with Crippen molar-refractivity contribution >= 4 is 71.1 Å². The third-order valence-corrected chi connectivity index (χ3v) is 9.69. The van der Waals surface area contributed by atoms with Gasteiger partial charge in [-0.2, -0.15) is 0 Å². The van der Waals surface area contributed by atoms with E-state index in [-0.39, 0.29) is 20.1 Å². The van der Waals surface area contributed by atoms with Crippen molar-refractivity contribution in [2.45, 2.75) is 6.92 Å². The van der Waals surface area contributed by atoms with Crippen LogP contribution in [0.5, 0.6) is 0 Å². The number of hydrogen-bond donors (Lipinski definition) is 0. The summed E-state index contributed by atoms with van der Waals surface area (Å²) in [6, 6.07) is 50.5. The van der Waals surface area contributed by atoms with Crippen LogP contribution in [0.1, 0.15) is 5.56 Å². The van der Waals surface area contributed by atoms with Crippen molar-refractivity contribution in [3.63, 3.8) is 0 Å². The third-order valence-electron chi connectivity index (χ3n) is 9.69. The molecule has 50 heavy (non-hydrogen) atoms. The van der Waals surface area contributed by atoms with Crippen LogP contribution in [0, 0.1) is 19.1 Å². The smallest absolute Gasteiger partial charge is 0.145 e. The van der Waals surface area contributed by atoms with Crippen molar-refractivity contribution in [1.29, 1.82) is 0 Å². The first-order valence-electron chi connectivity index (χ1n) is 16.4. The molecule has 0 atom stereocenters. The maximum Gasteiger partial charge on any atom is 0.145 e. The van der Waals surface area contributed by atoms with Crippen molar-refractivity contribution in [1.82, 2.24) is 18.9 Å². The first-order chi connectivity index (χ1) is 24.2. The molecule has 5 nitrogen and oxygen atoms in total. The molecule has 0 aliphatic carbocycles. The summed E-state index contributed by atoms with van der Waals surface area (Å²) in [6.45, 7) is 2.03. The number of furan rings is 1. The Hall–Kier alpha value is -5.81. The van der Waals surface area contributed by atoms with E-state index in [0.29, 0.717) is 0 Å². The van der Waals surface area contributed by atoms with Crippen LogP contribution in [0.15, 0.2) is 138 Å². The van der Waals surface area contributed by atoms with Crippen molar-refractivity contribution < 1.29 is 24.5 Å². The molecular weight excluding hydrogens is 793 g/mol. The Balaban J connectivity index is 0.000000204. The molecule has 241 valence electrons. The predicted molar refractivity (Wildman–Crippen MR) is 200 cm³/mol. The zero-order valence-electron chi connectivity index (χ0n) is 27.2. The number of fused-ring (bicyclic) bond motifs is 11. The minimum atomic E-state index is 0. The topological polar surface area (TPSA) is 48.3 Å². The number of aromatic nitrogens is 4. The molecular formula is C44H28IrN4O-2. The monoisotopic (exact) mass is 821 g/mol. The molecule has 0 fully saturated rings. The van der Waals surface area contributed by atoms with Crippen LogP contribution in [-0.2, 0) is 27.2 Å². The molecule has 0 bridgehead atoms. The summed E-state index contributed by atoms with van der Waals surface area (Å²) in [5.41, 5.74) is 11.4. The number of hydrogen-bond acceptors (Lipinski definition) is 3. The fourth-order valence-corrected chi connectivity index (χ4v) is 7.41. The molecule has 1 radical (unpaired) electrons. The molecule has 5 heterocycles. The van der Waals surface area contributed by atoms with E-state index in [2.05, 4.69) is 106 Å². The Morgan fingerprint density at radius 2 is 1.32 bits per heavy atom. The number of aryl methyl sites for hydroxylation is 2. The Kier molecular flexibility index (Phi) is 7.06. The van der Waals surface area contributed by atoms with Gasteiger partial charge in [-0.3, -0.25) is 4.98 Å². The van der Waals surface area contributed by atoms with Crippen LogP contribution in [0.3, 0.4) is 0 Å². The van der Waals surface area contributed by atoms with E-state index in [1.54, 1.807) is 0 Å². The predicted octanol–water partition coefficient (Wildman–Crippen LogP) is 10.9. The number of para-hydroxylation sites is 4. The van der Waals surface area contributed by atoms with E-state index in [9.17, 15) is 0 Å². The van der Waals surface area contributed by atoms with Gasteiger partial charge in [-0.15, -0.1) is 54.1 Å². The van der Waals surface area contributed by atoms with E-state index in [0.717, 1.165) is 61.1 Å². The second-order valence-corrected chi connectivity index (χ2v) is 12.6. The number of pyridine rings is 1. The van der Waals surface area contributed by atoms with Gasteiger partial charge in [-0.1, -0.05) is 83.7 Å². The van der Waals surface area contributed by atoms with Gasteiger partial charge in [-0.25, -0.2) is 0 Å². The summed E-state index contributed by atoms with van der Waals surface area (Å²) < 4.78 is 11.3. The van der Waals surface area contributed by atoms with E-state index < -0.39 is 0 Å². The fraction of sp³-hybridized carbons (Fsp3) is 0.0455. The third kappa shape index (κ3) is 4.42. The van der Waals surface area contributed by atoms with Gasteiger partial charge in [0.15, 0.2) is 0 Å². The second kappa shape index (κ2) is 11.7.